The third-order valence-electron chi connectivity index (χ3n) is 4.17. The molecule has 1 aromatic heterocycles. The molecule has 1 saturated heterocycles. The van der Waals surface area contributed by atoms with Crippen LogP contribution in [0.3, 0.4) is 0 Å². The van der Waals surface area contributed by atoms with Crippen molar-refractivity contribution in [2.75, 3.05) is 18.4 Å². The van der Waals surface area contributed by atoms with Crippen molar-refractivity contribution in [2.45, 2.75) is 32.7 Å². The molecule has 2 N–H and O–H groups in total. The SMILES string of the molecule is Cc1cc(C#N)cc(C)c1Oc1nc(NC2CCNCC2)ncc1Br. The minimum atomic E-state index is 0.369. The first-order valence-electron chi connectivity index (χ1n) is 8.26. The van der Waals surface area contributed by atoms with Gasteiger partial charge in [-0.25, -0.2) is 4.98 Å². The van der Waals surface area contributed by atoms with E-state index in [1.165, 1.54) is 0 Å². The zero-order chi connectivity index (χ0) is 17.8. The van der Waals surface area contributed by atoms with Crippen LogP contribution in [0.15, 0.2) is 22.8 Å². The lowest BCUT2D eigenvalue weighted by Crippen LogP contribution is -2.35. The largest absolute Gasteiger partial charge is 0.437 e. The number of hydrogen-bond donors (Lipinski definition) is 2. The number of nitrogens with zero attached hydrogens (tertiary/aromatic N) is 3. The molecule has 0 bridgehead atoms. The standard InChI is InChI=1S/C18H20BrN5O/c1-11-7-13(9-20)8-12(2)16(11)25-17-15(19)10-22-18(24-17)23-14-3-5-21-6-4-14/h7-8,10,14,21H,3-6H2,1-2H3,(H,22,23,24). The Balaban J connectivity index is 1.83. The molecule has 1 fully saturated rings. The molecule has 0 amide bonds. The molecular weight excluding hydrogens is 382 g/mol. The van der Waals surface area contributed by atoms with Crippen molar-refractivity contribution in [1.82, 2.24) is 15.3 Å². The van der Waals surface area contributed by atoms with Crippen LogP contribution in [0.4, 0.5) is 5.95 Å². The Morgan fingerprint density at radius 2 is 1.96 bits per heavy atom. The maximum atomic E-state index is 9.07. The van der Waals surface area contributed by atoms with Gasteiger partial charge in [0.1, 0.15) is 5.75 Å². The Labute approximate surface area is 155 Å². The summed E-state index contributed by atoms with van der Waals surface area (Å²) in [4.78, 5) is 8.84. The summed E-state index contributed by atoms with van der Waals surface area (Å²) >= 11 is 3.45. The zero-order valence-electron chi connectivity index (χ0n) is 14.3. The highest BCUT2D eigenvalue weighted by Gasteiger charge is 2.16. The van der Waals surface area contributed by atoms with Crippen LogP contribution in [-0.2, 0) is 0 Å². The second-order valence-electron chi connectivity index (χ2n) is 6.17. The van der Waals surface area contributed by atoms with Gasteiger partial charge in [0.2, 0.25) is 11.8 Å². The van der Waals surface area contributed by atoms with Crippen LogP contribution in [0.5, 0.6) is 11.6 Å². The molecule has 25 heavy (non-hydrogen) atoms. The Kier molecular flexibility index (Phi) is 5.51. The molecule has 0 aliphatic carbocycles. The lowest BCUT2D eigenvalue weighted by Gasteiger charge is -2.23. The summed E-state index contributed by atoms with van der Waals surface area (Å²) in [5.41, 5.74) is 2.42. The number of anilines is 1. The van der Waals surface area contributed by atoms with Gasteiger partial charge in [0, 0.05) is 6.04 Å². The second kappa shape index (κ2) is 7.81. The molecule has 1 aliphatic rings. The van der Waals surface area contributed by atoms with Crippen molar-refractivity contribution in [1.29, 1.82) is 5.26 Å². The summed E-state index contributed by atoms with van der Waals surface area (Å²) in [5, 5.41) is 15.8. The fourth-order valence-electron chi connectivity index (χ4n) is 2.91. The van der Waals surface area contributed by atoms with E-state index in [4.69, 9.17) is 10.00 Å². The molecule has 7 heteroatoms. The Bertz CT molecular complexity index is 789. The lowest BCUT2D eigenvalue weighted by atomic mass is 10.1. The van der Waals surface area contributed by atoms with Gasteiger partial charge < -0.3 is 15.4 Å². The van der Waals surface area contributed by atoms with Gasteiger partial charge in [0.15, 0.2) is 0 Å². The fourth-order valence-corrected chi connectivity index (χ4v) is 3.19. The van der Waals surface area contributed by atoms with Gasteiger partial charge in [-0.3, -0.25) is 0 Å². The van der Waals surface area contributed by atoms with E-state index >= 15 is 0 Å². The predicted octanol–water partition coefficient (Wildman–Crippen LogP) is 3.68. The molecule has 2 aromatic rings. The van der Waals surface area contributed by atoms with E-state index in [0.717, 1.165) is 37.1 Å². The minimum absolute atomic E-state index is 0.369. The van der Waals surface area contributed by atoms with E-state index in [0.29, 0.717) is 33.7 Å². The van der Waals surface area contributed by atoms with Crippen LogP contribution in [0, 0.1) is 25.2 Å². The van der Waals surface area contributed by atoms with Gasteiger partial charge >= 0.3 is 0 Å². The molecule has 1 aliphatic heterocycles. The molecule has 6 nitrogen and oxygen atoms in total. The van der Waals surface area contributed by atoms with Crippen molar-refractivity contribution in [3.05, 3.63) is 39.5 Å². The topological polar surface area (TPSA) is 82.9 Å². The number of benzene rings is 1. The Hall–Kier alpha value is -2.17. The predicted molar refractivity (Wildman–Crippen MR) is 100.0 cm³/mol. The highest BCUT2D eigenvalue weighted by Crippen LogP contribution is 2.33. The molecule has 0 saturated carbocycles. The van der Waals surface area contributed by atoms with Gasteiger partial charge in [0.25, 0.3) is 0 Å². The highest BCUT2D eigenvalue weighted by molar-refractivity contribution is 9.10. The van der Waals surface area contributed by atoms with Crippen LogP contribution >= 0.6 is 15.9 Å². The highest BCUT2D eigenvalue weighted by atomic mass is 79.9. The zero-order valence-corrected chi connectivity index (χ0v) is 15.9. The molecule has 1 aromatic carbocycles. The monoisotopic (exact) mass is 401 g/mol. The van der Waals surface area contributed by atoms with Crippen molar-refractivity contribution >= 4 is 21.9 Å². The van der Waals surface area contributed by atoms with Crippen molar-refractivity contribution in [3.8, 4) is 17.7 Å². The number of aryl methyl sites for hydroxylation is 2. The van der Waals surface area contributed by atoms with Gasteiger partial charge in [-0.05, 0) is 79.0 Å². The Morgan fingerprint density at radius 1 is 1.28 bits per heavy atom. The number of aromatic nitrogens is 2. The van der Waals surface area contributed by atoms with Crippen molar-refractivity contribution in [3.63, 3.8) is 0 Å². The van der Waals surface area contributed by atoms with Gasteiger partial charge in [-0.1, -0.05) is 0 Å². The van der Waals surface area contributed by atoms with E-state index in [1.54, 1.807) is 6.20 Å². The van der Waals surface area contributed by atoms with Crippen LogP contribution < -0.4 is 15.4 Å². The molecule has 0 atom stereocenters. The molecular formula is C18H20BrN5O. The number of ether oxygens (including phenoxy) is 1. The summed E-state index contributed by atoms with van der Waals surface area (Å²) in [7, 11) is 0. The average Bonchev–Trinajstić information content (AvgIpc) is 2.61. The van der Waals surface area contributed by atoms with E-state index in [-0.39, 0.29) is 0 Å². The number of nitriles is 1. The third-order valence-corrected chi connectivity index (χ3v) is 4.72. The van der Waals surface area contributed by atoms with Crippen LogP contribution in [0.2, 0.25) is 0 Å². The van der Waals surface area contributed by atoms with Crippen LogP contribution in [-0.4, -0.2) is 29.1 Å². The van der Waals surface area contributed by atoms with Crippen LogP contribution in [0.25, 0.3) is 0 Å². The molecule has 0 unspecified atom stereocenters. The van der Waals surface area contributed by atoms with Crippen LogP contribution in [0.1, 0.15) is 29.5 Å². The van der Waals surface area contributed by atoms with Gasteiger partial charge in [-0.15, -0.1) is 0 Å². The minimum Gasteiger partial charge on any atom is -0.437 e. The van der Waals surface area contributed by atoms with E-state index in [9.17, 15) is 0 Å². The van der Waals surface area contributed by atoms with E-state index in [2.05, 4.69) is 42.6 Å². The quantitative estimate of drug-likeness (QED) is 0.812. The van der Waals surface area contributed by atoms with E-state index < -0.39 is 0 Å². The number of rotatable bonds is 4. The summed E-state index contributed by atoms with van der Waals surface area (Å²) in [6, 6.07) is 6.15. The first-order valence-corrected chi connectivity index (χ1v) is 9.05. The smallest absolute Gasteiger partial charge is 0.238 e. The van der Waals surface area contributed by atoms with E-state index in [1.807, 2.05) is 26.0 Å². The third kappa shape index (κ3) is 4.27. The fraction of sp³-hybridized carbons (Fsp3) is 0.389. The lowest BCUT2D eigenvalue weighted by molar-refractivity contribution is 0.449. The number of nitrogens with one attached hydrogen (secondary N) is 2. The molecule has 3 rings (SSSR count). The molecule has 130 valence electrons. The first-order chi connectivity index (χ1) is 12.1. The number of halogens is 1. The van der Waals surface area contributed by atoms with Crippen molar-refractivity contribution < 1.29 is 4.74 Å². The first kappa shape index (κ1) is 17.6. The summed E-state index contributed by atoms with van der Waals surface area (Å²) in [6.07, 6.45) is 3.78. The van der Waals surface area contributed by atoms with Gasteiger partial charge in [-0.2, -0.15) is 10.2 Å². The van der Waals surface area contributed by atoms with Crippen molar-refractivity contribution in [2.24, 2.45) is 0 Å². The molecule has 2 heterocycles. The van der Waals surface area contributed by atoms with Gasteiger partial charge in [0.05, 0.1) is 22.3 Å². The normalized spacial score (nSPS) is 14.8. The maximum Gasteiger partial charge on any atom is 0.238 e. The summed E-state index contributed by atoms with van der Waals surface area (Å²) in [5.74, 6) is 1.74. The average molecular weight is 402 g/mol. The Morgan fingerprint density at radius 3 is 2.60 bits per heavy atom. The number of piperidine rings is 1. The second-order valence-corrected chi connectivity index (χ2v) is 7.02. The summed E-state index contributed by atoms with van der Waals surface area (Å²) in [6.45, 7) is 5.85. The number of hydrogen-bond acceptors (Lipinski definition) is 6. The molecule has 0 radical (unpaired) electrons. The maximum absolute atomic E-state index is 9.07. The summed E-state index contributed by atoms with van der Waals surface area (Å²) < 4.78 is 6.73. The molecule has 0 spiro atoms.